The maximum absolute atomic E-state index is 10.2. The van der Waals surface area contributed by atoms with Crippen molar-refractivity contribution in [1.29, 1.82) is 0 Å². The molecule has 1 aliphatic carbocycles. The Hall–Kier alpha value is -0.330. The van der Waals surface area contributed by atoms with Crippen LogP contribution in [-0.2, 0) is 4.79 Å². The zero-order chi connectivity index (χ0) is 7.40. The molecule has 0 radical (unpaired) electrons. The molecule has 58 valence electrons. The molecule has 0 bridgehead atoms. The summed E-state index contributed by atoms with van der Waals surface area (Å²) < 4.78 is 0. The van der Waals surface area contributed by atoms with Crippen molar-refractivity contribution in [3.05, 3.63) is 0 Å². The van der Waals surface area contributed by atoms with Crippen molar-refractivity contribution in [3.63, 3.8) is 0 Å². The smallest absolute Gasteiger partial charge is 0.120 e. The summed E-state index contributed by atoms with van der Waals surface area (Å²) in [4.78, 5) is 10.2. The van der Waals surface area contributed by atoms with Crippen LogP contribution < -0.4 is 0 Å². The van der Waals surface area contributed by atoms with Crippen LogP contribution in [0.4, 0.5) is 0 Å². The molecular formula is C9H16O. The van der Waals surface area contributed by atoms with Gasteiger partial charge in [0.05, 0.1) is 0 Å². The molecule has 0 amide bonds. The molecule has 1 saturated carbocycles. The van der Waals surface area contributed by atoms with Gasteiger partial charge in [-0.15, -0.1) is 0 Å². The standard InChI is InChI=1S/C9H16O/c1-8-2-4-9(5-3-8)6-7-10/h7-9H,2-6H2,1H3. The van der Waals surface area contributed by atoms with Crippen molar-refractivity contribution in [2.75, 3.05) is 0 Å². The molecule has 1 aliphatic rings. The minimum absolute atomic E-state index is 0.716. The van der Waals surface area contributed by atoms with Crippen molar-refractivity contribution < 1.29 is 4.79 Å². The lowest BCUT2D eigenvalue weighted by Crippen LogP contribution is -2.12. The van der Waals surface area contributed by atoms with E-state index in [1.807, 2.05) is 0 Å². The molecule has 0 N–H and O–H groups in total. The highest BCUT2D eigenvalue weighted by molar-refractivity contribution is 5.49. The third-order valence-electron chi connectivity index (χ3n) is 2.56. The Balaban J connectivity index is 2.19. The van der Waals surface area contributed by atoms with Crippen LogP contribution in [0.25, 0.3) is 0 Å². The number of aldehydes is 1. The second kappa shape index (κ2) is 3.75. The van der Waals surface area contributed by atoms with Gasteiger partial charge in [0, 0.05) is 6.42 Å². The molecule has 1 fully saturated rings. The van der Waals surface area contributed by atoms with Gasteiger partial charge in [0.1, 0.15) is 6.29 Å². The van der Waals surface area contributed by atoms with Gasteiger partial charge >= 0.3 is 0 Å². The molecule has 1 rings (SSSR count). The summed E-state index contributed by atoms with van der Waals surface area (Å²) >= 11 is 0. The van der Waals surface area contributed by atoms with Gasteiger partial charge in [-0.2, -0.15) is 0 Å². The van der Waals surface area contributed by atoms with E-state index >= 15 is 0 Å². The second-order valence-electron chi connectivity index (χ2n) is 3.53. The van der Waals surface area contributed by atoms with E-state index in [1.54, 1.807) is 0 Å². The fourth-order valence-corrected chi connectivity index (χ4v) is 1.70. The lowest BCUT2D eigenvalue weighted by Gasteiger charge is -2.24. The van der Waals surface area contributed by atoms with Crippen LogP contribution in [0.5, 0.6) is 0 Å². The van der Waals surface area contributed by atoms with E-state index < -0.39 is 0 Å². The molecule has 10 heavy (non-hydrogen) atoms. The van der Waals surface area contributed by atoms with Crippen LogP contribution in [0.15, 0.2) is 0 Å². The Bertz CT molecular complexity index is 101. The van der Waals surface area contributed by atoms with Gasteiger partial charge in [0.2, 0.25) is 0 Å². The first-order chi connectivity index (χ1) is 4.83. The zero-order valence-electron chi connectivity index (χ0n) is 6.68. The van der Waals surface area contributed by atoms with E-state index in [4.69, 9.17) is 0 Å². The fourth-order valence-electron chi connectivity index (χ4n) is 1.70. The molecule has 0 aliphatic heterocycles. The Morgan fingerprint density at radius 3 is 2.40 bits per heavy atom. The Morgan fingerprint density at radius 2 is 1.90 bits per heavy atom. The maximum Gasteiger partial charge on any atom is 0.120 e. The predicted molar refractivity (Wildman–Crippen MR) is 41.8 cm³/mol. The Kier molecular flexibility index (Phi) is 2.91. The summed E-state index contributed by atoms with van der Waals surface area (Å²) in [6.07, 6.45) is 7.09. The molecule has 0 heterocycles. The highest BCUT2D eigenvalue weighted by Crippen LogP contribution is 2.29. The summed E-state index contributed by atoms with van der Waals surface area (Å²) in [5.74, 6) is 1.62. The minimum atomic E-state index is 0.716. The predicted octanol–water partition coefficient (Wildman–Crippen LogP) is 2.40. The molecule has 0 spiro atoms. The van der Waals surface area contributed by atoms with Crippen LogP contribution in [0.3, 0.4) is 0 Å². The summed E-state index contributed by atoms with van der Waals surface area (Å²) in [6.45, 7) is 2.30. The van der Waals surface area contributed by atoms with Crippen molar-refractivity contribution in [1.82, 2.24) is 0 Å². The van der Waals surface area contributed by atoms with E-state index in [0.29, 0.717) is 5.92 Å². The third kappa shape index (κ3) is 2.13. The molecule has 0 aromatic carbocycles. The number of carbonyl (C=O) groups excluding carboxylic acids is 1. The first-order valence-corrected chi connectivity index (χ1v) is 4.26. The highest BCUT2D eigenvalue weighted by Gasteiger charge is 2.16. The van der Waals surface area contributed by atoms with Gasteiger partial charge in [-0.3, -0.25) is 0 Å². The van der Waals surface area contributed by atoms with Crippen LogP contribution in [0.1, 0.15) is 39.0 Å². The average molecular weight is 140 g/mol. The van der Waals surface area contributed by atoms with Gasteiger partial charge in [0.15, 0.2) is 0 Å². The lowest BCUT2D eigenvalue weighted by atomic mass is 9.82. The summed E-state index contributed by atoms with van der Waals surface area (Å²) in [7, 11) is 0. The quantitative estimate of drug-likeness (QED) is 0.538. The average Bonchev–Trinajstić information content (AvgIpc) is 1.95. The normalized spacial score (nSPS) is 33.7. The second-order valence-corrected chi connectivity index (χ2v) is 3.53. The summed E-state index contributed by atoms with van der Waals surface area (Å²) in [5, 5.41) is 0. The largest absolute Gasteiger partial charge is 0.303 e. The van der Waals surface area contributed by atoms with Crippen molar-refractivity contribution in [3.8, 4) is 0 Å². The molecule has 0 unspecified atom stereocenters. The summed E-state index contributed by atoms with van der Waals surface area (Å²) in [6, 6.07) is 0. The minimum Gasteiger partial charge on any atom is -0.303 e. The Labute approximate surface area is 62.8 Å². The molecular weight excluding hydrogens is 124 g/mol. The van der Waals surface area contributed by atoms with Crippen LogP contribution in [0, 0.1) is 11.8 Å². The number of carbonyl (C=O) groups is 1. The van der Waals surface area contributed by atoms with Crippen LogP contribution in [0.2, 0.25) is 0 Å². The van der Waals surface area contributed by atoms with E-state index in [1.165, 1.54) is 25.7 Å². The molecule has 0 aromatic heterocycles. The van der Waals surface area contributed by atoms with E-state index in [9.17, 15) is 4.79 Å². The van der Waals surface area contributed by atoms with Crippen molar-refractivity contribution in [2.45, 2.75) is 39.0 Å². The van der Waals surface area contributed by atoms with Gasteiger partial charge in [-0.05, 0) is 24.7 Å². The third-order valence-corrected chi connectivity index (χ3v) is 2.56. The van der Waals surface area contributed by atoms with E-state index in [-0.39, 0.29) is 0 Å². The number of hydrogen-bond donors (Lipinski definition) is 0. The van der Waals surface area contributed by atoms with Crippen molar-refractivity contribution in [2.24, 2.45) is 11.8 Å². The first kappa shape index (κ1) is 7.77. The van der Waals surface area contributed by atoms with Gasteiger partial charge in [0.25, 0.3) is 0 Å². The highest BCUT2D eigenvalue weighted by atomic mass is 16.1. The van der Waals surface area contributed by atoms with Gasteiger partial charge in [-0.1, -0.05) is 19.8 Å². The maximum atomic E-state index is 10.2. The van der Waals surface area contributed by atoms with E-state index in [2.05, 4.69) is 6.92 Å². The van der Waals surface area contributed by atoms with Crippen molar-refractivity contribution >= 4 is 6.29 Å². The van der Waals surface area contributed by atoms with Crippen LogP contribution >= 0.6 is 0 Å². The molecule has 0 saturated heterocycles. The van der Waals surface area contributed by atoms with Gasteiger partial charge < -0.3 is 4.79 Å². The number of hydrogen-bond acceptors (Lipinski definition) is 1. The lowest BCUT2D eigenvalue weighted by molar-refractivity contribution is -0.108. The van der Waals surface area contributed by atoms with E-state index in [0.717, 1.165) is 18.6 Å². The number of rotatable bonds is 2. The van der Waals surface area contributed by atoms with Gasteiger partial charge in [-0.25, -0.2) is 0 Å². The Morgan fingerprint density at radius 1 is 1.30 bits per heavy atom. The SMILES string of the molecule is CC1CCC(CC=O)CC1. The first-order valence-electron chi connectivity index (χ1n) is 4.26. The molecule has 1 heteroatoms. The zero-order valence-corrected chi connectivity index (χ0v) is 6.68. The molecule has 0 atom stereocenters. The fraction of sp³-hybridized carbons (Fsp3) is 0.889. The topological polar surface area (TPSA) is 17.1 Å². The molecule has 0 aromatic rings. The summed E-state index contributed by atoms with van der Waals surface area (Å²) in [5.41, 5.74) is 0. The molecule has 1 nitrogen and oxygen atoms in total. The monoisotopic (exact) mass is 140 g/mol. The van der Waals surface area contributed by atoms with Crippen LogP contribution in [-0.4, -0.2) is 6.29 Å².